The zero-order chi connectivity index (χ0) is 19.8. The van der Waals surface area contributed by atoms with E-state index in [9.17, 15) is 4.79 Å². The Morgan fingerprint density at radius 1 is 1.28 bits per heavy atom. The molecule has 0 unspecified atom stereocenters. The fraction of sp³-hybridized carbons (Fsp3) is 0.238. The van der Waals surface area contributed by atoms with Crippen molar-refractivity contribution >= 4 is 56.2 Å². The van der Waals surface area contributed by atoms with Gasteiger partial charge in [0.15, 0.2) is 0 Å². The summed E-state index contributed by atoms with van der Waals surface area (Å²) in [6.07, 6.45) is 5.03. The Balaban J connectivity index is 1.29. The molecule has 1 aliphatic carbocycles. The van der Waals surface area contributed by atoms with Crippen molar-refractivity contribution in [2.75, 3.05) is 11.1 Å². The lowest BCUT2D eigenvalue weighted by molar-refractivity contribution is -0.113. The average molecular weight is 439 g/mol. The molecule has 3 aromatic heterocycles. The predicted octanol–water partition coefficient (Wildman–Crippen LogP) is 5.34. The Hall–Kier alpha value is -2.29. The van der Waals surface area contributed by atoms with E-state index < -0.39 is 0 Å². The molecule has 5 rings (SSSR count). The number of carbonyl (C=O) groups is 1. The fourth-order valence-corrected chi connectivity index (χ4v) is 6.33. The number of rotatable bonds is 5. The van der Waals surface area contributed by atoms with E-state index in [1.54, 1.807) is 29.0 Å². The summed E-state index contributed by atoms with van der Waals surface area (Å²) in [7, 11) is 0. The Labute approximate surface area is 180 Å². The van der Waals surface area contributed by atoms with Crippen LogP contribution in [0.4, 0.5) is 5.69 Å². The highest BCUT2D eigenvalue weighted by atomic mass is 32.2. The standard InChI is InChI=1S/C21H18N4OS3/c1-12-24-16(9-27-12)13-4-2-5-14(8-13)25-18(26)10-28-20-19-15-6-3-7-17(15)29-21(19)23-11-22-20/h2,4-5,8-9,11H,3,6-7,10H2,1H3,(H,25,26). The normalized spacial score (nSPS) is 13.0. The number of thioether (sulfide) groups is 1. The molecule has 146 valence electrons. The topological polar surface area (TPSA) is 67.8 Å². The number of aromatic nitrogens is 3. The summed E-state index contributed by atoms with van der Waals surface area (Å²) in [5.41, 5.74) is 4.11. The van der Waals surface area contributed by atoms with E-state index in [1.807, 2.05) is 36.6 Å². The maximum Gasteiger partial charge on any atom is 0.234 e. The van der Waals surface area contributed by atoms with Crippen LogP contribution in [0, 0.1) is 6.92 Å². The third-order valence-corrected chi connectivity index (χ3v) is 7.83. The van der Waals surface area contributed by atoms with Gasteiger partial charge in [0, 0.05) is 26.9 Å². The Morgan fingerprint density at radius 3 is 3.07 bits per heavy atom. The summed E-state index contributed by atoms with van der Waals surface area (Å²) in [6.45, 7) is 1.99. The maximum atomic E-state index is 12.6. The molecule has 0 atom stereocenters. The van der Waals surface area contributed by atoms with E-state index >= 15 is 0 Å². The Kier molecular flexibility index (Phi) is 5.07. The largest absolute Gasteiger partial charge is 0.325 e. The molecule has 0 aliphatic heterocycles. The van der Waals surface area contributed by atoms with Crippen LogP contribution in [0.15, 0.2) is 41.0 Å². The first kappa shape index (κ1) is 18.7. The van der Waals surface area contributed by atoms with Gasteiger partial charge in [0.05, 0.1) is 16.5 Å². The van der Waals surface area contributed by atoms with Crippen molar-refractivity contribution in [3.8, 4) is 11.3 Å². The van der Waals surface area contributed by atoms with Gasteiger partial charge in [-0.3, -0.25) is 4.79 Å². The Morgan fingerprint density at radius 2 is 2.21 bits per heavy atom. The molecule has 1 aromatic carbocycles. The van der Waals surface area contributed by atoms with Crippen LogP contribution >= 0.6 is 34.4 Å². The van der Waals surface area contributed by atoms with Gasteiger partial charge in [0.25, 0.3) is 0 Å². The number of benzene rings is 1. The molecule has 1 amide bonds. The van der Waals surface area contributed by atoms with Gasteiger partial charge in [-0.15, -0.1) is 22.7 Å². The molecule has 0 fully saturated rings. The van der Waals surface area contributed by atoms with Gasteiger partial charge in [-0.2, -0.15) is 0 Å². The molecule has 8 heteroatoms. The molecular weight excluding hydrogens is 420 g/mol. The minimum Gasteiger partial charge on any atom is -0.325 e. The highest BCUT2D eigenvalue weighted by molar-refractivity contribution is 8.00. The second-order valence-corrected chi connectivity index (χ2v) is 10.00. The molecular formula is C21H18N4OS3. The third kappa shape index (κ3) is 3.80. The molecule has 0 saturated heterocycles. The van der Waals surface area contributed by atoms with Crippen LogP contribution in [0.3, 0.4) is 0 Å². The predicted molar refractivity (Wildman–Crippen MR) is 121 cm³/mol. The number of nitrogens with one attached hydrogen (secondary N) is 1. The van der Waals surface area contributed by atoms with E-state index in [4.69, 9.17) is 0 Å². The second kappa shape index (κ2) is 7.85. The van der Waals surface area contributed by atoms with Crippen molar-refractivity contribution in [1.29, 1.82) is 0 Å². The van der Waals surface area contributed by atoms with Crippen molar-refractivity contribution in [2.45, 2.75) is 31.2 Å². The first-order valence-corrected chi connectivity index (χ1v) is 12.1. The van der Waals surface area contributed by atoms with Gasteiger partial charge >= 0.3 is 0 Å². The van der Waals surface area contributed by atoms with Gasteiger partial charge in [-0.25, -0.2) is 15.0 Å². The summed E-state index contributed by atoms with van der Waals surface area (Å²) < 4.78 is 0. The number of thiophene rings is 1. The highest BCUT2D eigenvalue weighted by Gasteiger charge is 2.21. The number of anilines is 1. The molecule has 1 aliphatic rings. The lowest BCUT2D eigenvalue weighted by Gasteiger charge is -2.07. The fourth-order valence-electron chi connectivity index (χ4n) is 3.59. The van der Waals surface area contributed by atoms with Gasteiger partial charge < -0.3 is 5.32 Å². The van der Waals surface area contributed by atoms with E-state index in [0.29, 0.717) is 5.75 Å². The molecule has 0 bridgehead atoms. The summed E-state index contributed by atoms with van der Waals surface area (Å²) in [6, 6.07) is 7.81. The molecule has 0 radical (unpaired) electrons. The molecule has 0 saturated carbocycles. The molecule has 0 spiro atoms. The van der Waals surface area contributed by atoms with Crippen LogP contribution in [0.5, 0.6) is 0 Å². The third-order valence-electron chi connectivity index (χ3n) is 4.87. The maximum absolute atomic E-state index is 12.6. The lowest BCUT2D eigenvalue weighted by atomic mass is 10.1. The van der Waals surface area contributed by atoms with E-state index in [-0.39, 0.29) is 5.91 Å². The van der Waals surface area contributed by atoms with E-state index in [0.717, 1.165) is 50.0 Å². The first-order valence-electron chi connectivity index (χ1n) is 9.38. The van der Waals surface area contributed by atoms with E-state index in [2.05, 4.69) is 20.3 Å². The molecule has 5 nitrogen and oxygen atoms in total. The van der Waals surface area contributed by atoms with Crippen molar-refractivity contribution in [3.63, 3.8) is 0 Å². The summed E-state index contributed by atoms with van der Waals surface area (Å²) in [4.78, 5) is 28.4. The van der Waals surface area contributed by atoms with Crippen LogP contribution in [0.1, 0.15) is 21.9 Å². The SMILES string of the molecule is Cc1nc(-c2cccc(NC(=O)CSc3ncnc4sc5c(c34)CCC5)c2)cs1. The van der Waals surface area contributed by atoms with Crippen LogP contribution < -0.4 is 5.32 Å². The number of hydrogen-bond donors (Lipinski definition) is 1. The molecule has 1 N–H and O–H groups in total. The van der Waals surface area contributed by atoms with Crippen LogP contribution in [0.25, 0.3) is 21.5 Å². The average Bonchev–Trinajstić information content (AvgIpc) is 3.42. The minimum atomic E-state index is -0.0414. The van der Waals surface area contributed by atoms with Gasteiger partial charge in [0.1, 0.15) is 16.2 Å². The van der Waals surface area contributed by atoms with Crippen molar-refractivity contribution < 1.29 is 4.79 Å². The van der Waals surface area contributed by atoms with Crippen molar-refractivity contribution in [3.05, 3.63) is 51.4 Å². The number of carbonyl (C=O) groups excluding carboxylic acids is 1. The smallest absolute Gasteiger partial charge is 0.234 e. The Bertz CT molecular complexity index is 1210. The lowest BCUT2D eigenvalue weighted by Crippen LogP contribution is -2.14. The zero-order valence-electron chi connectivity index (χ0n) is 15.8. The quantitative estimate of drug-likeness (QED) is 0.336. The number of aryl methyl sites for hydroxylation is 3. The number of thiazole rings is 1. The monoisotopic (exact) mass is 438 g/mol. The van der Waals surface area contributed by atoms with Gasteiger partial charge in [0.2, 0.25) is 5.91 Å². The number of hydrogen-bond acceptors (Lipinski definition) is 7. The number of amides is 1. The number of fused-ring (bicyclic) bond motifs is 3. The van der Waals surface area contributed by atoms with Crippen molar-refractivity contribution in [2.24, 2.45) is 0 Å². The summed E-state index contributed by atoms with van der Waals surface area (Å²) >= 11 is 4.87. The van der Waals surface area contributed by atoms with Crippen LogP contribution in [-0.4, -0.2) is 26.6 Å². The summed E-state index contributed by atoms with van der Waals surface area (Å²) in [5.74, 6) is 0.275. The van der Waals surface area contributed by atoms with E-state index in [1.165, 1.54) is 28.6 Å². The van der Waals surface area contributed by atoms with Crippen LogP contribution in [0.2, 0.25) is 0 Å². The first-order chi connectivity index (χ1) is 14.2. The summed E-state index contributed by atoms with van der Waals surface area (Å²) in [5, 5.41) is 8.13. The minimum absolute atomic E-state index is 0.0414. The van der Waals surface area contributed by atoms with Crippen LogP contribution in [-0.2, 0) is 17.6 Å². The zero-order valence-corrected chi connectivity index (χ0v) is 18.2. The molecule has 3 heterocycles. The molecule has 29 heavy (non-hydrogen) atoms. The molecule has 4 aromatic rings. The second-order valence-electron chi connectivity index (χ2n) is 6.89. The highest BCUT2D eigenvalue weighted by Crippen LogP contribution is 2.40. The van der Waals surface area contributed by atoms with Crippen molar-refractivity contribution in [1.82, 2.24) is 15.0 Å². The van der Waals surface area contributed by atoms with Gasteiger partial charge in [-0.1, -0.05) is 23.9 Å². The van der Waals surface area contributed by atoms with Gasteiger partial charge in [-0.05, 0) is 43.9 Å². The number of nitrogens with zero attached hydrogens (tertiary/aromatic N) is 3.